The summed E-state index contributed by atoms with van der Waals surface area (Å²) in [6.07, 6.45) is 3.60. The molecular weight excluding hydrogens is 207 g/mol. The number of amides is 2. The number of hydrogen-bond acceptors (Lipinski definition) is 2. The van der Waals surface area contributed by atoms with Crippen LogP contribution in [0.3, 0.4) is 0 Å². The van der Waals surface area contributed by atoms with Gasteiger partial charge >= 0.3 is 0 Å². The Bertz CT molecular complexity index is 150. The minimum atomic E-state index is -0.551. The van der Waals surface area contributed by atoms with Crippen molar-refractivity contribution in [1.82, 2.24) is 5.32 Å². The Kier molecular flexibility index (Phi) is 8.97. The van der Waals surface area contributed by atoms with Gasteiger partial charge in [-0.2, -0.15) is 0 Å². The van der Waals surface area contributed by atoms with Crippen LogP contribution in [0.25, 0.3) is 0 Å². The van der Waals surface area contributed by atoms with Gasteiger partial charge in [0.1, 0.15) is 0 Å². The van der Waals surface area contributed by atoms with Gasteiger partial charge in [-0.25, -0.2) is 0 Å². The van der Waals surface area contributed by atoms with Crippen molar-refractivity contribution in [2.45, 2.75) is 13.8 Å². The molecular formula is C6H7NO2Y-2. The van der Waals surface area contributed by atoms with Gasteiger partial charge < -0.3 is 21.0 Å². The van der Waals surface area contributed by atoms with Crippen molar-refractivity contribution in [2.24, 2.45) is 0 Å². The molecule has 0 aromatic rings. The third-order valence-corrected chi connectivity index (χ3v) is 0.528. The Morgan fingerprint density at radius 3 is 2.20 bits per heavy atom. The van der Waals surface area contributed by atoms with Crippen LogP contribution in [-0.4, -0.2) is 12.3 Å². The SMILES string of the molecule is CC(C)=[C-]C(=O)N[C-]=O.[Y]. The molecule has 0 saturated carbocycles. The van der Waals surface area contributed by atoms with E-state index in [1.165, 1.54) is 6.41 Å². The normalized spacial score (nSPS) is 7.00. The van der Waals surface area contributed by atoms with Gasteiger partial charge in [-0.1, -0.05) is 19.8 Å². The molecule has 0 aliphatic carbocycles. The van der Waals surface area contributed by atoms with E-state index in [0.29, 0.717) is 0 Å². The van der Waals surface area contributed by atoms with Crippen molar-refractivity contribution in [1.29, 1.82) is 0 Å². The second-order valence-corrected chi connectivity index (χ2v) is 1.68. The number of carbonyl (C=O) groups is 1. The van der Waals surface area contributed by atoms with Crippen molar-refractivity contribution >= 4 is 12.3 Å². The molecule has 0 spiro atoms. The third kappa shape index (κ3) is 7.98. The zero-order valence-corrected chi connectivity index (χ0v) is 8.73. The van der Waals surface area contributed by atoms with E-state index < -0.39 is 5.91 Å². The van der Waals surface area contributed by atoms with Crippen LogP contribution in [-0.2, 0) is 42.3 Å². The maximum atomic E-state index is 10.3. The largest absolute Gasteiger partial charge is 0.514 e. The molecule has 0 rings (SSSR count). The summed E-state index contributed by atoms with van der Waals surface area (Å²) in [7, 11) is 0. The maximum Gasteiger partial charge on any atom is 0.0694 e. The average Bonchev–Trinajstić information content (AvgIpc) is 1.63. The number of rotatable bonds is 2. The van der Waals surface area contributed by atoms with Gasteiger partial charge in [0.25, 0.3) is 0 Å². The number of nitrogens with one attached hydrogen (secondary N) is 1. The molecule has 1 radical (unpaired) electrons. The quantitative estimate of drug-likeness (QED) is 0.397. The van der Waals surface area contributed by atoms with Gasteiger partial charge in [-0.3, -0.25) is 5.57 Å². The smallest absolute Gasteiger partial charge is 0.0694 e. The van der Waals surface area contributed by atoms with Crippen molar-refractivity contribution in [2.75, 3.05) is 0 Å². The minimum Gasteiger partial charge on any atom is -0.514 e. The monoisotopic (exact) mass is 214 g/mol. The zero-order chi connectivity index (χ0) is 7.28. The van der Waals surface area contributed by atoms with Crippen molar-refractivity contribution in [3.63, 3.8) is 0 Å². The van der Waals surface area contributed by atoms with Crippen molar-refractivity contribution < 1.29 is 42.3 Å². The third-order valence-electron chi connectivity index (χ3n) is 0.528. The van der Waals surface area contributed by atoms with E-state index in [1.54, 1.807) is 19.2 Å². The molecule has 0 atom stereocenters. The van der Waals surface area contributed by atoms with Crippen LogP contribution in [0, 0.1) is 6.08 Å². The molecule has 1 N–H and O–H groups in total. The van der Waals surface area contributed by atoms with Crippen LogP contribution in [0.5, 0.6) is 0 Å². The zero-order valence-electron chi connectivity index (χ0n) is 5.89. The molecule has 0 saturated heterocycles. The van der Waals surface area contributed by atoms with Gasteiger partial charge in [-0.05, 0) is 0 Å². The van der Waals surface area contributed by atoms with E-state index in [4.69, 9.17) is 0 Å². The van der Waals surface area contributed by atoms with Crippen LogP contribution >= 0.6 is 0 Å². The number of carbonyl (C=O) groups excluding carboxylic acids is 2. The van der Waals surface area contributed by atoms with Gasteiger partial charge in [-0.15, -0.1) is 0 Å². The first-order chi connectivity index (χ1) is 4.16. The summed E-state index contributed by atoms with van der Waals surface area (Å²) in [6.45, 7) is 3.43. The Hall–Kier alpha value is -0.0161. The number of hydrogen-bond donors (Lipinski definition) is 1. The molecule has 0 aromatic carbocycles. The topological polar surface area (TPSA) is 46.2 Å². The molecule has 0 aliphatic rings. The Morgan fingerprint density at radius 1 is 1.40 bits per heavy atom. The molecule has 0 aromatic heterocycles. The molecule has 0 heterocycles. The van der Waals surface area contributed by atoms with Crippen molar-refractivity contribution in [3.8, 4) is 0 Å². The molecule has 0 fully saturated rings. The predicted octanol–water partition coefficient (Wildman–Crippen LogP) is -0.0633. The van der Waals surface area contributed by atoms with Gasteiger partial charge in [0, 0.05) is 32.7 Å². The van der Waals surface area contributed by atoms with Crippen LogP contribution in [0.4, 0.5) is 0 Å². The number of allylic oxidation sites excluding steroid dienone is 1. The fourth-order valence-electron chi connectivity index (χ4n) is 0.305. The molecule has 3 nitrogen and oxygen atoms in total. The van der Waals surface area contributed by atoms with Crippen LogP contribution < -0.4 is 5.32 Å². The Labute approximate surface area is 85.1 Å². The molecule has 4 heteroatoms. The van der Waals surface area contributed by atoms with Crippen LogP contribution in [0.2, 0.25) is 0 Å². The minimum absolute atomic E-state index is 0. The first kappa shape index (κ1) is 12.6. The fraction of sp³-hybridized carbons (Fsp3) is 0.333. The van der Waals surface area contributed by atoms with Crippen LogP contribution in [0.1, 0.15) is 13.8 Å². The molecule has 0 unspecified atom stereocenters. The average molecular weight is 214 g/mol. The van der Waals surface area contributed by atoms with Crippen molar-refractivity contribution in [3.05, 3.63) is 11.6 Å². The fourth-order valence-corrected chi connectivity index (χ4v) is 0.305. The second kappa shape index (κ2) is 7.10. The maximum absolute atomic E-state index is 10.3. The first-order valence-corrected chi connectivity index (χ1v) is 2.41. The van der Waals surface area contributed by atoms with Crippen LogP contribution in [0.15, 0.2) is 5.57 Å². The molecule has 0 bridgehead atoms. The molecule has 0 aliphatic heterocycles. The van der Waals surface area contributed by atoms with E-state index in [0.717, 1.165) is 5.57 Å². The summed E-state index contributed by atoms with van der Waals surface area (Å²) in [6, 6.07) is 0. The second-order valence-electron chi connectivity index (χ2n) is 1.68. The summed E-state index contributed by atoms with van der Waals surface area (Å²) < 4.78 is 0. The first-order valence-electron chi connectivity index (χ1n) is 2.41. The molecule has 53 valence electrons. The standard InChI is InChI=1S/C6H7NO2.Y/c1-5(2)3-6(9)7-4-8;/h1-2H3,(H,7,8,9);/q-2;. The van der Waals surface area contributed by atoms with E-state index >= 15 is 0 Å². The Morgan fingerprint density at radius 2 is 1.90 bits per heavy atom. The molecule has 2 amide bonds. The summed E-state index contributed by atoms with van der Waals surface area (Å²) in [5.74, 6) is -0.551. The van der Waals surface area contributed by atoms with Gasteiger partial charge in [0.05, 0.1) is 6.41 Å². The van der Waals surface area contributed by atoms with E-state index in [9.17, 15) is 9.59 Å². The van der Waals surface area contributed by atoms with E-state index in [-0.39, 0.29) is 32.7 Å². The summed E-state index contributed by atoms with van der Waals surface area (Å²) in [4.78, 5) is 19.8. The summed E-state index contributed by atoms with van der Waals surface area (Å²) >= 11 is 0. The van der Waals surface area contributed by atoms with E-state index in [2.05, 4.69) is 6.08 Å². The van der Waals surface area contributed by atoms with Gasteiger partial charge in [0.2, 0.25) is 0 Å². The summed E-state index contributed by atoms with van der Waals surface area (Å²) in [5.41, 5.74) is 0.725. The molecule has 10 heavy (non-hydrogen) atoms. The summed E-state index contributed by atoms with van der Waals surface area (Å²) in [5, 5.41) is 1.80. The Balaban J connectivity index is 0. The predicted molar refractivity (Wildman–Crippen MR) is 31.9 cm³/mol. The van der Waals surface area contributed by atoms with Gasteiger partial charge in [0.15, 0.2) is 0 Å². The van der Waals surface area contributed by atoms with E-state index in [1.807, 2.05) is 0 Å². The number of imide groups is 1.